The van der Waals surface area contributed by atoms with E-state index in [0.29, 0.717) is 16.5 Å². The molecule has 1 heterocycles. The van der Waals surface area contributed by atoms with Crippen LogP contribution in [0.5, 0.6) is 5.75 Å². The number of hydrogen-bond acceptors (Lipinski definition) is 5. The van der Waals surface area contributed by atoms with Crippen molar-refractivity contribution in [3.8, 4) is 23.1 Å². The summed E-state index contributed by atoms with van der Waals surface area (Å²) >= 11 is 8.12. The summed E-state index contributed by atoms with van der Waals surface area (Å²) in [6, 6.07) is 11.4. The van der Waals surface area contributed by atoms with Gasteiger partial charge in [0.15, 0.2) is 5.13 Å². The molecular weight excluding hydrogens is 457 g/mol. The SMILES string of the molecule is COc1cc(Cl)c(-c2nc(N(CC#N)[C@@H](CC3CC3)c3ccc(C)c(F)c3)sc2C)cc1C. The van der Waals surface area contributed by atoms with Gasteiger partial charge in [0, 0.05) is 10.4 Å². The van der Waals surface area contributed by atoms with Crippen LogP contribution in [-0.4, -0.2) is 18.6 Å². The number of thiazole rings is 1. The molecular formula is C26H27ClFN3OS. The second-order valence-electron chi connectivity index (χ2n) is 8.69. The molecule has 1 fully saturated rings. The second kappa shape index (κ2) is 9.70. The van der Waals surface area contributed by atoms with Crippen LogP contribution >= 0.6 is 22.9 Å². The molecule has 1 aliphatic carbocycles. The molecule has 0 aliphatic heterocycles. The number of benzene rings is 2. The lowest BCUT2D eigenvalue weighted by Crippen LogP contribution is -2.29. The summed E-state index contributed by atoms with van der Waals surface area (Å²) in [6.07, 6.45) is 3.22. The fourth-order valence-electron chi connectivity index (χ4n) is 4.14. The van der Waals surface area contributed by atoms with E-state index < -0.39 is 0 Å². The maximum atomic E-state index is 14.5. The van der Waals surface area contributed by atoms with E-state index in [1.165, 1.54) is 24.2 Å². The van der Waals surface area contributed by atoms with Gasteiger partial charge in [0.2, 0.25) is 0 Å². The predicted molar refractivity (Wildman–Crippen MR) is 133 cm³/mol. The maximum Gasteiger partial charge on any atom is 0.187 e. The van der Waals surface area contributed by atoms with E-state index in [9.17, 15) is 9.65 Å². The minimum Gasteiger partial charge on any atom is -0.496 e. The van der Waals surface area contributed by atoms with Gasteiger partial charge >= 0.3 is 0 Å². The predicted octanol–water partition coefficient (Wildman–Crippen LogP) is 7.41. The number of hydrogen-bond donors (Lipinski definition) is 0. The van der Waals surface area contributed by atoms with Crippen LogP contribution in [0.4, 0.5) is 9.52 Å². The number of aromatic nitrogens is 1. The van der Waals surface area contributed by atoms with E-state index in [-0.39, 0.29) is 18.4 Å². The third-order valence-corrected chi connectivity index (χ3v) is 7.54. The number of ether oxygens (including phenoxy) is 1. The summed E-state index contributed by atoms with van der Waals surface area (Å²) in [5.74, 6) is 1.11. The van der Waals surface area contributed by atoms with E-state index in [1.54, 1.807) is 20.1 Å². The van der Waals surface area contributed by atoms with Gasteiger partial charge < -0.3 is 9.64 Å². The number of anilines is 1. The maximum absolute atomic E-state index is 14.5. The molecule has 172 valence electrons. The van der Waals surface area contributed by atoms with Gasteiger partial charge in [0.1, 0.15) is 18.1 Å². The fraction of sp³-hybridized carbons (Fsp3) is 0.385. The van der Waals surface area contributed by atoms with Crippen molar-refractivity contribution in [1.29, 1.82) is 5.26 Å². The lowest BCUT2D eigenvalue weighted by molar-refractivity contribution is 0.412. The smallest absolute Gasteiger partial charge is 0.187 e. The summed E-state index contributed by atoms with van der Waals surface area (Å²) < 4.78 is 19.8. The van der Waals surface area contributed by atoms with Gasteiger partial charge in [-0.25, -0.2) is 9.37 Å². The van der Waals surface area contributed by atoms with E-state index in [1.807, 2.05) is 43.0 Å². The molecule has 0 saturated heterocycles. The summed E-state index contributed by atoms with van der Waals surface area (Å²) in [5.41, 5.74) is 4.11. The lowest BCUT2D eigenvalue weighted by Gasteiger charge is -2.30. The van der Waals surface area contributed by atoms with E-state index >= 15 is 0 Å². The molecule has 7 heteroatoms. The Kier molecular flexibility index (Phi) is 6.92. The highest BCUT2D eigenvalue weighted by molar-refractivity contribution is 7.16. The Labute approximate surface area is 203 Å². The van der Waals surface area contributed by atoms with Gasteiger partial charge in [-0.2, -0.15) is 5.26 Å². The molecule has 0 bridgehead atoms. The highest BCUT2D eigenvalue weighted by atomic mass is 35.5. The molecule has 0 N–H and O–H groups in total. The first-order valence-corrected chi connectivity index (χ1v) is 12.2. The Morgan fingerprint density at radius 3 is 2.64 bits per heavy atom. The number of nitrogens with zero attached hydrogens (tertiary/aromatic N) is 3. The summed E-state index contributed by atoms with van der Waals surface area (Å²) in [5, 5.41) is 11.0. The summed E-state index contributed by atoms with van der Waals surface area (Å²) in [6.45, 7) is 5.92. The van der Waals surface area contributed by atoms with Crippen LogP contribution in [0.2, 0.25) is 5.02 Å². The first-order chi connectivity index (χ1) is 15.8. The van der Waals surface area contributed by atoms with Crippen molar-refractivity contribution in [3.63, 3.8) is 0 Å². The molecule has 0 spiro atoms. The van der Waals surface area contributed by atoms with Crippen molar-refractivity contribution in [3.05, 3.63) is 62.7 Å². The van der Waals surface area contributed by atoms with Crippen LogP contribution in [0, 0.1) is 43.8 Å². The zero-order chi connectivity index (χ0) is 23.7. The Bertz CT molecular complexity index is 1210. The first kappa shape index (κ1) is 23.5. The minimum absolute atomic E-state index is 0.112. The van der Waals surface area contributed by atoms with E-state index in [2.05, 4.69) is 6.07 Å². The van der Waals surface area contributed by atoms with E-state index in [0.717, 1.165) is 44.6 Å². The van der Waals surface area contributed by atoms with Crippen LogP contribution < -0.4 is 9.64 Å². The standard InChI is InChI=1S/C26H27ClFN3OS/c1-15-5-8-19(13-22(15)28)23(12-18-6-7-18)31(10-9-29)26-30-25(17(3)33-26)20-11-16(2)24(32-4)14-21(20)27/h5,8,11,13-14,18,23H,6-7,10,12H2,1-4H3/t23-/m0/s1. The zero-order valence-electron chi connectivity index (χ0n) is 19.3. The zero-order valence-corrected chi connectivity index (χ0v) is 20.9. The fourth-order valence-corrected chi connectivity index (χ4v) is 5.35. The van der Waals surface area contributed by atoms with Gasteiger partial charge in [0.25, 0.3) is 0 Å². The number of rotatable bonds is 8. The lowest BCUT2D eigenvalue weighted by atomic mass is 9.98. The topological polar surface area (TPSA) is 49.1 Å². The van der Waals surface area contributed by atoms with Crippen molar-refractivity contribution < 1.29 is 9.13 Å². The quantitative estimate of drug-likeness (QED) is 0.313. The van der Waals surface area contributed by atoms with Crippen LogP contribution in [0.3, 0.4) is 0 Å². The van der Waals surface area contributed by atoms with Gasteiger partial charge in [-0.15, -0.1) is 11.3 Å². The molecule has 0 unspecified atom stereocenters. The van der Waals surface area contributed by atoms with Gasteiger partial charge in [-0.05, 0) is 68.0 Å². The number of aryl methyl sites for hydroxylation is 3. The molecule has 1 saturated carbocycles. The van der Waals surface area contributed by atoms with Crippen molar-refractivity contribution >= 4 is 28.1 Å². The number of methoxy groups -OCH3 is 1. The van der Waals surface area contributed by atoms with Crippen molar-refractivity contribution in [2.45, 2.75) is 46.1 Å². The van der Waals surface area contributed by atoms with Crippen LogP contribution in [0.15, 0.2) is 30.3 Å². The Morgan fingerprint density at radius 2 is 2.00 bits per heavy atom. The highest BCUT2D eigenvalue weighted by Gasteiger charge is 2.32. The van der Waals surface area contributed by atoms with Crippen molar-refractivity contribution in [2.75, 3.05) is 18.6 Å². The highest BCUT2D eigenvalue weighted by Crippen LogP contribution is 2.44. The monoisotopic (exact) mass is 483 g/mol. The second-order valence-corrected chi connectivity index (χ2v) is 10.3. The molecule has 4 nitrogen and oxygen atoms in total. The molecule has 1 aromatic heterocycles. The van der Waals surface area contributed by atoms with Crippen LogP contribution in [-0.2, 0) is 0 Å². The largest absolute Gasteiger partial charge is 0.496 e. The Balaban J connectivity index is 1.76. The van der Waals surface area contributed by atoms with Gasteiger partial charge in [-0.3, -0.25) is 0 Å². The normalized spacial score (nSPS) is 14.1. The third kappa shape index (κ3) is 5.00. The molecule has 1 aliphatic rings. The number of halogens is 2. The van der Waals surface area contributed by atoms with Crippen LogP contribution in [0.1, 0.15) is 46.9 Å². The Morgan fingerprint density at radius 1 is 1.24 bits per heavy atom. The van der Waals surface area contributed by atoms with E-state index in [4.69, 9.17) is 21.3 Å². The molecule has 1 atom stereocenters. The van der Waals surface area contributed by atoms with Gasteiger partial charge in [0.05, 0.1) is 29.9 Å². The molecule has 4 rings (SSSR count). The third-order valence-electron chi connectivity index (χ3n) is 6.22. The molecule has 33 heavy (non-hydrogen) atoms. The average Bonchev–Trinajstić information content (AvgIpc) is 3.53. The molecule has 0 amide bonds. The molecule has 0 radical (unpaired) electrons. The van der Waals surface area contributed by atoms with Crippen LogP contribution in [0.25, 0.3) is 11.3 Å². The van der Waals surface area contributed by atoms with Gasteiger partial charge in [-0.1, -0.05) is 36.6 Å². The number of nitriles is 1. The first-order valence-electron chi connectivity index (χ1n) is 11.0. The Hall–Kier alpha value is -2.62. The summed E-state index contributed by atoms with van der Waals surface area (Å²) in [7, 11) is 1.62. The van der Waals surface area contributed by atoms with Crippen molar-refractivity contribution in [2.24, 2.45) is 5.92 Å². The average molecular weight is 484 g/mol. The molecule has 2 aromatic carbocycles. The molecule has 3 aromatic rings. The van der Waals surface area contributed by atoms with Crippen molar-refractivity contribution in [1.82, 2.24) is 4.98 Å². The summed E-state index contributed by atoms with van der Waals surface area (Å²) in [4.78, 5) is 7.98. The minimum atomic E-state index is -0.221.